The molecular formula is C28H28F2N6O4. The van der Waals surface area contributed by atoms with Crippen molar-refractivity contribution in [3.8, 4) is 22.6 Å². The van der Waals surface area contributed by atoms with E-state index < -0.39 is 11.7 Å². The first-order chi connectivity index (χ1) is 19.3. The van der Waals surface area contributed by atoms with Crippen molar-refractivity contribution in [2.24, 2.45) is 5.41 Å². The van der Waals surface area contributed by atoms with Gasteiger partial charge in [0.25, 0.3) is 0 Å². The number of amides is 1. The number of ether oxygens (including phenoxy) is 2. The van der Waals surface area contributed by atoms with Gasteiger partial charge >= 0.3 is 0 Å². The molecular weight excluding hydrogens is 522 g/mol. The van der Waals surface area contributed by atoms with E-state index in [2.05, 4.69) is 25.6 Å². The van der Waals surface area contributed by atoms with Gasteiger partial charge in [-0.25, -0.2) is 23.7 Å². The average Bonchev–Trinajstić information content (AvgIpc) is 3.42. The van der Waals surface area contributed by atoms with Gasteiger partial charge in [-0.2, -0.15) is 0 Å². The van der Waals surface area contributed by atoms with Gasteiger partial charge in [-0.15, -0.1) is 0 Å². The number of carbonyl (C=O) groups is 1. The molecule has 1 aliphatic rings. The van der Waals surface area contributed by atoms with Crippen LogP contribution in [0.25, 0.3) is 22.6 Å². The lowest BCUT2D eigenvalue weighted by Gasteiger charge is -2.35. The molecule has 0 bridgehead atoms. The summed E-state index contributed by atoms with van der Waals surface area (Å²) in [5.74, 6) is -0.280. The molecule has 0 unspecified atom stereocenters. The van der Waals surface area contributed by atoms with E-state index in [1.165, 1.54) is 24.3 Å². The number of benzene rings is 2. The smallest absolute Gasteiger partial charge is 0.230 e. The van der Waals surface area contributed by atoms with E-state index in [1.807, 2.05) is 0 Å². The molecule has 1 fully saturated rings. The molecule has 0 radical (unpaired) electrons. The normalized spacial score (nSPS) is 18.9. The number of aromatic nitrogens is 4. The first-order valence-corrected chi connectivity index (χ1v) is 12.6. The average molecular weight is 551 g/mol. The third-order valence-electron chi connectivity index (χ3n) is 6.39. The predicted molar refractivity (Wildman–Crippen MR) is 142 cm³/mol. The van der Waals surface area contributed by atoms with Crippen molar-refractivity contribution in [1.82, 2.24) is 25.3 Å². The van der Waals surface area contributed by atoms with Crippen LogP contribution in [-0.4, -0.2) is 57.3 Å². The Morgan fingerprint density at radius 2 is 1.73 bits per heavy atom. The lowest BCUT2D eigenvalue weighted by molar-refractivity contribution is -0.231. The summed E-state index contributed by atoms with van der Waals surface area (Å²) in [7, 11) is 0. The Kier molecular flexibility index (Phi) is 8.10. The largest absolute Gasteiger partial charge is 0.395 e. The SMILES string of the molecule is CC1(C(=O)NCCO)COC(c2nc(-c3ccc(F)cc3)c(-c3ccnc(NCc4ccc(F)cc4)n3)[nH]2)OC1. The minimum absolute atomic E-state index is 0.0712. The minimum Gasteiger partial charge on any atom is -0.395 e. The Morgan fingerprint density at radius 1 is 1.05 bits per heavy atom. The number of hydrogen-bond donors (Lipinski definition) is 4. The molecule has 12 heteroatoms. The number of hydrogen-bond acceptors (Lipinski definition) is 8. The zero-order chi connectivity index (χ0) is 28.1. The Bertz CT molecular complexity index is 1450. The van der Waals surface area contributed by atoms with Gasteiger partial charge in [0.15, 0.2) is 5.82 Å². The second kappa shape index (κ2) is 11.9. The van der Waals surface area contributed by atoms with E-state index in [1.54, 1.807) is 43.5 Å². The Balaban J connectivity index is 1.40. The molecule has 0 spiro atoms. The van der Waals surface area contributed by atoms with Gasteiger partial charge in [0.05, 0.1) is 42.3 Å². The van der Waals surface area contributed by atoms with Crippen LogP contribution in [0, 0.1) is 17.0 Å². The molecule has 2 aromatic carbocycles. The highest BCUT2D eigenvalue weighted by atomic mass is 19.1. The molecule has 4 aromatic rings. The third-order valence-corrected chi connectivity index (χ3v) is 6.39. The zero-order valence-electron chi connectivity index (χ0n) is 21.7. The number of halogens is 2. The van der Waals surface area contributed by atoms with E-state index in [9.17, 15) is 13.6 Å². The van der Waals surface area contributed by atoms with Crippen LogP contribution < -0.4 is 10.6 Å². The number of imidazole rings is 1. The van der Waals surface area contributed by atoms with Crippen molar-refractivity contribution in [2.75, 3.05) is 31.7 Å². The van der Waals surface area contributed by atoms with Gasteiger partial charge in [-0.1, -0.05) is 12.1 Å². The molecule has 0 saturated carbocycles. The summed E-state index contributed by atoms with van der Waals surface area (Å²) >= 11 is 0. The molecule has 5 rings (SSSR count). The number of H-pyrrole nitrogens is 1. The highest BCUT2D eigenvalue weighted by Crippen LogP contribution is 2.35. The zero-order valence-corrected chi connectivity index (χ0v) is 21.7. The number of aliphatic hydroxyl groups is 1. The second-order valence-corrected chi connectivity index (χ2v) is 9.59. The maximum absolute atomic E-state index is 13.7. The summed E-state index contributed by atoms with van der Waals surface area (Å²) in [6.07, 6.45) is 0.707. The van der Waals surface area contributed by atoms with Crippen molar-refractivity contribution in [2.45, 2.75) is 19.8 Å². The molecule has 0 aliphatic carbocycles. The maximum atomic E-state index is 13.7. The van der Waals surface area contributed by atoms with Gasteiger partial charge in [0.1, 0.15) is 11.6 Å². The van der Waals surface area contributed by atoms with Crippen molar-refractivity contribution >= 4 is 11.9 Å². The number of nitrogens with zero attached hydrogens (tertiary/aromatic N) is 3. The summed E-state index contributed by atoms with van der Waals surface area (Å²) in [4.78, 5) is 29.3. The number of aliphatic hydroxyl groups excluding tert-OH is 1. The van der Waals surface area contributed by atoms with Gasteiger partial charge in [0, 0.05) is 24.8 Å². The molecule has 4 N–H and O–H groups in total. The van der Waals surface area contributed by atoms with Crippen LogP contribution in [-0.2, 0) is 20.8 Å². The number of carbonyl (C=O) groups excluding carboxylic acids is 1. The summed E-state index contributed by atoms with van der Waals surface area (Å²) < 4.78 is 38.7. The van der Waals surface area contributed by atoms with Crippen molar-refractivity contribution in [3.63, 3.8) is 0 Å². The summed E-state index contributed by atoms with van der Waals surface area (Å²) in [6, 6.07) is 13.7. The molecule has 1 aliphatic heterocycles. The fraction of sp³-hybridized carbons (Fsp3) is 0.286. The van der Waals surface area contributed by atoms with Crippen molar-refractivity contribution < 1.29 is 28.2 Å². The monoisotopic (exact) mass is 550 g/mol. The molecule has 10 nitrogen and oxygen atoms in total. The van der Waals surface area contributed by atoms with Crippen LogP contribution in [0.5, 0.6) is 0 Å². The number of anilines is 1. The number of aromatic amines is 1. The molecule has 1 saturated heterocycles. The first-order valence-electron chi connectivity index (χ1n) is 12.6. The van der Waals surface area contributed by atoms with Crippen molar-refractivity contribution in [1.29, 1.82) is 0 Å². The highest BCUT2D eigenvalue weighted by Gasteiger charge is 2.40. The van der Waals surface area contributed by atoms with Gasteiger partial charge in [-0.3, -0.25) is 4.79 Å². The molecule has 40 heavy (non-hydrogen) atoms. The van der Waals surface area contributed by atoms with Crippen molar-refractivity contribution in [3.05, 3.63) is 83.8 Å². The second-order valence-electron chi connectivity index (χ2n) is 9.59. The summed E-state index contributed by atoms with van der Waals surface area (Å²) in [6.45, 7) is 2.22. The van der Waals surface area contributed by atoms with Gasteiger partial charge < -0.3 is 30.2 Å². The molecule has 1 amide bonds. The Labute approximate surface area is 228 Å². The standard InChI is InChI=1S/C28H28F2N6O4/c1-28(26(38)31-12-13-37)15-39-25(40-16-28)24-35-22(18-4-8-20(30)9-5-18)23(36-24)21-10-11-32-27(34-21)33-14-17-2-6-19(29)7-3-17/h2-11,25,37H,12-16H2,1H3,(H,31,38)(H,35,36)(H,32,33,34). The summed E-state index contributed by atoms with van der Waals surface area (Å²) in [5, 5.41) is 14.8. The van der Waals surface area contributed by atoms with Gasteiger partial charge in [-0.05, 0) is 55.0 Å². The summed E-state index contributed by atoms with van der Waals surface area (Å²) in [5.41, 5.74) is 2.11. The van der Waals surface area contributed by atoms with Gasteiger partial charge in [0.2, 0.25) is 18.1 Å². The van der Waals surface area contributed by atoms with E-state index in [-0.39, 0.29) is 43.9 Å². The maximum Gasteiger partial charge on any atom is 0.230 e. The van der Waals surface area contributed by atoms with Crippen LogP contribution >= 0.6 is 0 Å². The van der Waals surface area contributed by atoms with Crippen LogP contribution in [0.3, 0.4) is 0 Å². The Hall–Kier alpha value is -4.26. The van der Waals surface area contributed by atoms with E-state index in [0.29, 0.717) is 41.0 Å². The fourth-order valence-corrected chi connectivity index (χ4v) is 4.15. The van der Waals surface area contributed by atoms with Crippen LogP contribution in [0.15, 0.2) is 60.8 Å². The lowest BCUT2D eigenvalue weighted by atomic mass is 9.91. The first kappa shape index (κ1) is 27.3. The quantitative estimate of drug-likeness (QED) is 0.249. The fourth-order valence-electron chi connectivity index (χ4n) is 4.15. The number of nitrogens with one attached hydrogen (secondary N) is 3. The van der Waals surface area contributed by atoms with Crippen LogP contribution in [0.1, 0.15) is 24.6 Å². The Morgan fingerprint density at radius 3 is 2.40 bits per heavy atom. The predicted octanol–water partition coefficient (Wildman–Crippen LogP) is 3.58. The highest BCUT2D eigenvalue weighted by molar-refractivity contribution is 5.82. The topological polar surface area (TPSA) is 134 Å². The van der Waals surface area contributed by atoms with E-state index >= 15 is 0 Å². The minimum atomic E-state index is -0.932. The molecule has 0 atom stereocenters. The molecule has 208 valence electrons. The molecule has 3 heterocycles. The number of rotatable bonds is 9. The van der Waals surface area contributed by atoms with E-state index in [0.717, 1.165) is 5.56 Å². The lowest BCUT2D eigenvalue weighted by Crippen LogP contribution is -2.49. The van der Waals surface area contributed by atoms with E-state index in [4.69, 9.17) is 19.6 Å². The van der Waals surface area contributed by atoms with Crippen LogP contribution in [0.2, 0.25) is 0 Å². The molecule has 2 aromatic heterocycles. The third kappa shape index (κ3) is 6.14. The van der Waals surface area contributed by atoms with Crippen LogP contribution in [0.4, 0.5) is 14.7 Å².